The topological polar surface area (TPSA) is 268 Å². The van der Waals surface area contributed by atoms with Crippen molar-refractivity contribution in [2.24, 2.45) is 41.4 Å². The van der Waals surface area contributed by atoms with Crippen LogP contribution in [0.2, 0.25) is 0 Å². The molecule has 0 aromatic rings. The molecule has 0 bridgehead atoms. The molecule has 13 unspecified atom stereocenters. The van der Waals surface area contributed by atoms with Gasteiger partial charge < -0.3 is 60.3 Å². The van der Waals surface area contributed by atoms with Gasteiger partial charge in [0.2, 0.25) is 53.2 Å². The Morgan fingerprint density at radius 2 is 0.967 bits per heavy atom. The molecular weight excluding hydrogens is 1180 g/mol. The van der Waals surface area contributed by atoms with Crippen LogP contribution >= 0.6 is 0 Å². The fourth-order valence-electron chi connectivity index (χ4n) is 12.4. The standard InChI is InChI=1S/C68H124N12O12/c1-28-30-32-45(13)38-52-60(83)71-49(29-2)63(86)74(19)50(33-31-34-73(17)18)68(91)80(25,26)57(46(14)39-92-27)61(84)72-55(43(9)10)66(89)75(20)51(35-40(3)4)59(82)69-47(15)58(81)70-48(16)62(85)77(22)53(36-41(5)6)64(87)78(23)54(37-42(7)8)65(88)79(24)56(44(11)12)67(90)76(52)21/h28,30,40-57H,29,31-39H2,1-27H3,(H3-,69,70,71,72,81,82,83,84)/p+1. The highest BCUT2D eigenvalue weighted by Crippen LogP contribution is 2.28. The van der Waals surface area contributed by atoms with E-state index in [2.05, 4.69) is 21.3 Å². The molecule has 1 heterocycles. The SMILES string of the molecule is CC=CCC(C)CC1C(=O)NC(CC)C(=O)N(C)C(CCCN(C)C)C(=O)[N+](C)(C)C(C(C)COC)C(=O)NC(C(C)C)C(=O)N(C)C(CC(C)C)C(=O)NC(C)C(=O)NC(C)C(=O)N(C)C(CC(C)C)C(=O)N(C)C(CC(C)C)C(=O)N(C)C(C(C)C)C(=O)N1C. The zero-order valence-corrected chi connectivity index (χ0v) is 61.6. The van der Waals surface area contributed by atoms with E-state index in [4.69, 9.17) is 4.74 Å². The maximum Gasteiger partial charge on any atom is 0.336 e. The summed E-state index contributed by atoms with van der Waals surface area (Å²) in [6.45, 7) is 29.2. The molecule has 528 valence electrons. The highest BCUT2D eigenvalue weighted by Gasteiger charge is 2.51. The zero-order chi connectivity index (χ0) is 71.3. The summed E-state index contributed by atoms with van der Waals surface area (Å²) in [6, 6.07) is -12.9. The predicted octanol–water partition coefficient (Wildman–Crippen LogP) is 4.39. The molecule has 1 aliphatic rings. The Morgan fingerprint density at radius 3 is 1.43 bits per heavy atom. The Bertz CT molecular complexity index is 2500. The van der Waals surface area contributed by atoms with Gasteiger partial charge in [0.05, 0.1) is 20.7 Å². The van der Waals surface area contributed by atoms with E-state index in [1.54, 1.807) is 55.6 Å². The van der Waals surface area contributed by atoms with Gasteiger partial charge in [-0.1, -0.05) is 102 Å². The molecule has 1 saturated heterocycles. The van der Waals surface area contributed by atoms with Crippen LogP contribution in [0, 0.1) is 41.4 Å². The number of methoxy groups -OCH3 is 1. The van der Waals surface area contributed by atoms with Gasteiger partial charge in [-0.25, -0.2) is 4.79 Å². The molecule has 0 aromatic heterocycles. The quantitative estimate of drug-likeness (QED) is 0.0975. The average Bonchev–Trinajstić information content (AvgIpc) is 0.860. The van der Waals surface area contributed by atoms with Crippen LogP contribution in [0.4, 0.5) is 0 Å². The normalized spacial score (nSPS) is 27.1. The van der Waals surface area contributed by atoms with Crippen LogP contribution in [0.1, 0.15) is 162 Å². The number of allylic oxidation sites excluding steroid dienone is 2. The molecule has 0 saturated carbocycles. The minimum Gasteiger partial charge on any atom is -0.384 e. The molecule has 4 N–H and O–H groups in total. The first-order valence-electron chi connectivity index (χ1n) is 33.4. The summed E-state index contributed by atoms with van der Waals surface area (Å²) in [4.78, 5) is 175. The smallest absolute Gasteiger partial charge is 0.336 e. The van der Waals surface area contributed by atoms with Crippen molar-refractivity contribution in [1.29, 1.82) is 0 Å². The summed E-state index contributed by atoms with van der Waals surface area (Å²) in [5.74, 6) is -8.97. The highest BCUT2D eigenvalue weighted by atomic mass is 16.5. The van der Waals surface area contributed by atoms with Gasteiger partial charge in [0.25, 0.3) is 5.91 Å². The number of carbonyl (C=O) groups is 11. The van der Waals surface area contributed by atoms with Gasteiger partial charge in [-0.05, 0) is 128 Å². The van der Waals surface area contributed by atoms with E-state index in [0.717, 1.165) is 0 Å². The molecular formula is C68H125N12O12+. The predicted molar refractivity (Wildman–Crippen MR) is 360 cm³/mol. The van der Waals surface area contributed by atoms with Crippen molar-refractivity contribution in [3.8, 4) is 0 Å². The molecule has 1 aliphatic heterocycles. The molecule has 24 nitrogen and oxygen atoms in total. The largest absolute Gasteiger partial charge is 0.384 e. The number of likely N-dealkylation sites (N-methyl/N-ethyl adjacent to an activating group) is 7. The Labute approximate surface area is 553 Å². The number of quaternary nitrogens is 1. The van der Waals surface area contributed by atoms with E-state index in [-0.39, 0.29) is 68.8 Å². The number of rotatable bonds is 20. The van der Waals surface area contributed by atoms with Crippen LogP contribution < -0.4 is 21.3 Å². The summed E-state index contributed by atoms with van der Waals surface area (Å²) in [7, 11) is 17.4. The lowest BCUT2D eigenvalue weighted by molar-refractivity contribution is -0.836. The van der Waals surface area contributed by atoms with Crippen molar-refractivity contribution in [2.45, 2.75) is 229 Å². The summed E-state index contributed by atoms with van der Waals surface area (Å²) >= 11 is 0. The Morgan fingerprint density at radius 1 is 0.522 bits per heavy atom. The number of amides is 11. The third-order valence-corrected chi connectivity index (χ3v) is 18.0. The Kier molecular flexibility index (Phi) is 35.0. The van der Waals surface area contributed by atoms with Gasteiger partial charge in [0, 0.05) is 55.3 Å². The van der Waals surface area contributed by atoms with Gasteiger partial charge >= 0.3 is 5.91 Å². The minimum atomic E-state index is -1.23. The van der Waals surface area contributed by atoms with Crippen molar-refractivity contribution in [3.63, 3.8) is 0 Å². The van der Waals surface area contributed by atoms with Crippen molar-refractivity contribution in [1.82, 2.24) is 55.6 Å². The van der Waals surface area contributed by atoms with Crippen LogP contribution in [0.5, 0.6) is 0 Å². The maximum absolute atomic E-state index is 15.7. The van der Waals surface area contributed by atoms with E-state index < -0.39 is 154 Å². The lowest BCUT2D eigenvalue weighted by atomic mass is 9.93. The van der Waals surface area contributed by atoms with Gasteiger partial charge in [-0.3, -0.25) is 52.4 Å². The molecule has 24 heteroatoms. The summed E-state index contributed by atoms with van der Waals surface area (Å²) < 4.78 is 5.01. The fourth-order valence-corrected chi connectivity index (χ4v) is 12.4. The van der Waals surface area contributed by atoms with Gasteiger partial charge in [0.15, 0.2) is 6.04 Å². The van der Waals surface area contributed by atoms with Crippen molar-refractivity contribution in [3.05, 3.63) is 12.2 Å². The van der Waals surface area contributed by atoms with Crippen molar-refractivity contribution >= 4 is 65.0 Å². The molecule has 0 spiro atoms. The first kappa shape index (κ1) is 84.0. The monoisotopic (exact) mass is 1300 g/mol. The summed E-state index contributed by atoms with van der Waals surface area (Å²) in [5, 5.41) is 11.4. The number of carbonyl (C=O) groups excluding carboxylic acids is 11. The van der Waals surface area contributed by atoms with E-state index in [1.807, 2.05) is 86.5 Å². The molecule has 0 radical (unpaired) electrons. The van der Waals surface area contributed by atoms with Crippen LogP contribution in [0.15, 0.2) is 12.2 Å². The van der Waals surface area contributed by atoms with Crippen LogP contribution in [0.3, 0.4) is 0 Å². The summed E-state index contributed by atoms with van der Waals surface area (Å²) in [5.41, 5.74) is 0. The van der Waals surface area contributed by atoms with Crippen LogP contribution in [0.25, 0.3) is 0 Å². The van der Waals surface area contributed by atoms with Crippen LogP contribution in [-0.4, -0.2) is 261 Å². The van der Waals surface area contributed by atoms with E-state index in [9.17, 15) is 19.2 Å². The first-order chi connectivity index (χ1) is 42.5. The molecule has 0 aliphatic carbocycles. The summed E-state index contributed by atoms with van der Waals surface area (Å²) in [6.07, 6.45) is 5.79. The number of hydrogen-bond donors (Lipinski definition) is 4. The van der Waals surface area contributed by atoms with E-state index in [1.165, 1.54) is 92.6 Å². The highest BCUT2D eigenvalue weighted by molar-refractivity contribution is 5.99. The molecule has 92 heavy (non-hydrogen) atoms. The number of nitrogens with zero attached hydrogens (tertiary/aromatic N) is 8. The first-order valence-corrected chi connectivity index (χ1v) is 33.4. The molecule has 1 rings (SSSR count). The molecule has 11 amide bonds. The third-order valence-electron chi connectivity index (χ3n) is 18.0. The third kappa shape index (κ3) is 23.5. The van der Waals surface area contributed by atoms with Gasteiger partial charge in [-0.15, -0.1) is 0 Å². The van der Waals surface area contributed by atoms with Gasteiger partial charge in [-0.2, -0.15) is 0 Å². The Balaban J connectivity index is 4.56. The number of ether oxygens (including phenoxy) is 1. The second kappa shape index (κ2) is 38.4. The zero-order valence-electron chi connectivity index (χ0n) is 61.6. The maximum atomic E-state index is 15.7. The second-order valence-corrected chi connectivity index (χ2v) is 28.9. The average molecular weight is 1300 g/mol. The van der Waals surface area contributed by atoms with Crippen molar-refractivity contribution < 1.29 is 62.0 Å². The lowest BCUT2D eigenvalue weighted by Gasteiger charge is -2.42. The lowest BCUT2D eigenvalue weighted by Crippen LogP contribution is -2.68. The van der Waals surface area contributed by atoms with E-state index >= 15 is 33.6 Å². The van der Waals surface area contributed by atoms with Crippen molar-refractivity contribution in [2.75, 3.05) is 90.7 Å². The molecule has 0 aromatic carbocycles. The fraction of sp³-hybridized carbons (Fsp3) is 0.809. The number of nitrogens with one attached hydrogen (secondary N) is 4. The van der Waals surface area contributed by atoms with Crippen LogP contribution in [-0.2, 0) is 57.5 Å². The second-order valence-electron chi connectivity index (χ2n) is 28.9. The van der Waals surface area contributed by atoms with Gasteiger partial charge in [0.1, 0.15) is 60.4 Å². The molecule has 1 fully saturated rings. The molecule has 13 atom stereocenters. The van der Waals surface area contributed by atoms with E-state index in [0.29, 0.717) is 19.4 Å². The number of hydrogen-bond acceptors (Lipinski definition) is 13. The Hall–Kier alpha value is -6.01. The minimum absolute atomic E-state index is 0.0214.